The Hall–Kier alpha value is -1.36. The fourth-order valence-corrected chi connectivity index (χ4v) is 5.47. The lowest BCUT2D eigenvalue weighted by molar-refractivity contribution is 0.168. The van der Waals surface area contributed by atoms with Crippen LogP contribution >= 0.6 is 22.9 Å². The van der Waals surface area contributed by atoms with Crippen molar-refractivity contribution in [3.05, 3.63) is 50.4 Å². The SMILES string of the molecule is COc1cc2c(cc1Cl)CCN([C@H](C)C1C=Cc3scnc3C1C)CC2. The third-order valence-corrected chi connectivity index (χ3v) is 7.15. The molecule has 0 spiro atoms. The Morgan fingerprint density at radius 1 is 1.27 bits per heavy atom. The molecule has 2 heterocycles. The number of aromatic nitrogens is 1. The van der Waals surface area contributed by atoms with Crippen LogP contribution in [-0.2, 0) is 12.8 Å². The third kappa shape index (κ3) is 3.19. The van der Waals surface area contributed by atoms with Gasteiger partial charge in [0.05, 0.1) is 28.2 Å². The molecular weight excluding hydrogens is 364 g/mol. The van der Waals surface area contributed by atoms with Gasteiger partial charge in [-0.25, -0.2) is 4.98 Å². The number of ether oxygens (including phenoxy) is 1. The molecule has 3 nitrogen and oxygen atoms in total. The predicted octanol–water partition coefficient (Wildman–Crippen LogP) is 5.04. The summed E-state index contributed by atoms with van der Waals surface area (Å²) in [5.74, 6) is 1.76. The second-order valence-corrected chi connectivity index (χ2v) is 8.65. The molecule has 3 atom stereocenters. The van der Waals surface area contributed by atoms with Crippen LogP contribution in [0.5, 0.6) is 5.75 Å². The summed E-state index contributed by atoms with van der Waals surface area (Å²) in [5.41, 5.74) is 5.97. The molecule has 5 heteroatoms. The summed E-state index contributed by atoms with van der Waals surface area (Å²) in [7, 11) is 1.68. The Balaban J connectivity index is 1.51. The summed E-state index contributed by atoms with van der Waals surface area (Å²) in [6, 6.07) is 4.70. The van der Waals surface area contributed by atoms with Gasteiger partial charge in [-0.3, -0.25) is 4.90 Å². The minimum absolute atomic E-state index is 0.469. The first-order valence-corrected chi connectivity index (χ1v) is 10.5. The number of hydrogen-bond donors (Lipinski definition) is 0. The summed E-state index contributed by atoms with van der Waals surface area (Å²) >= 11 is 8.08. The van der Waals surface area contributed by atoms with Gasteiger partial charge in [-0.2, -0.15) is 0 Å². The van der Waals surface area contributed by atoms with Crippen molar-refractivity contribution in [2.75, 3.05) is 20.2 Å². The van der Waals surface area contributed by atoms with E-state index in [0.29, 0.717) is 22.9 Å². The normalized spacial score (nSPS) is 23.8. The summed E-state index contributed by atoms with van der Waals surface area (Å²) < 4.78 is 5.40. The molecule has 0 fully saturated rings. The molecule has 0 N–H and O–H groups in total. The van der Waals surface area contributed by atoms with E-state index < -0.39 is 0 Å². The topological polar surface area (TPSA) is 25.4 Å². The molecule has 1 aliphatic carbocycles. The monoisotopic (exact) mass is 388 g/mol. The summed E-state index contributed by atoms with van der Waals surface area (Å²) in [6.45, 7) is 6.82. The van der Waals surface area contributed by atoms with Gasteiger partial charge in [-0.1, -0.05) is 24.6 Å². The van der Waals surface area contributed by atoms with E-state index in [0.717, 1.165) is 31.7 Å². The Labute approximate surface area is 164 Å². The lowest BCUT2D eigenvalue weighted by Gasteiger charge is -2.36. The van der Waals surface area contributed by atoms with Crippen LogP contribution in [0.15, 0.2) is 23.7 Å². The number of hydrogen-bond acceptors (Lipinski definition) is 4. The largest absolute Gasteiger partial charge is 0.495 e. The molecule has 0 bridgehead atoms. The summed E-state index contributed by atoms with van der Waals surface area (Å²) in [5, 5.41) is 0.715. The Bertz CT molecular complexity index is 831. The van der Waals surface area contributed by atoms with Crippen molar-refractivity contribution in [3.63, 3.8) is 0 Å². The molecule has 1 aliphatic heterocycles. The maximum Gasteiger partial charge on any atom is 0.137 e. The average molecular weight is 389 g/mol. The molecule has 2 aliphatic rings. The van der Waals surface area contributed by atoms with Gasteiger partial charge in [-0.05, 0) is 49.1 Å². The van der Waals surface area contributed by atoms with E-state index >= 15 is 0 Å². The molecule has 1 aromatic heterocycles. The highest BCUT2D eigenvalue weighted by Crippen LogP contribution is 2.38. The van der Waals surface area contributed by atoms with Gasteiger partial charge in [-0.15, -0.1) is 11.3 Å². The standard InChI is InChI=1S/C21H25ClN2OS/c1-13-17(4-5-20-21(13)23-12-26-20)14(2)24-8-6-15-10-18(22)19(25-3)11-16(15)7-9-24/h4-5,10-14,17H,6-9H2,1-3H3/t13?,14-,17?/m1/s1. The molecule has 0 amide bonds. The van der Waals surface area contributed by atoms with Crippen LogP contribution in [0.25, 0.3) is 6.08 Å². The lowest BCUT2D eigenvalue weighted by Crippen LogP contribution is -2.41. The van der Waals surface area contributed by atoms with Crippen LogP contribution < -0.4 is 4.74 Å². The van der Waals surface area contributed by atoms with E-state index in [9.17, 15) is 0 Å². The van der Waals surface area contributed by atoms with Crippen molar-refractivity contribution in [2.45, 2.75) is 38.6 Å². The van der Waals surface area contributed by atoms with Crippen LogP contribution in [-0.4, -0.2) is 36.1 Å². The van der Waals surface area contributed by atoms with Gasteiger partial charge in [0.1, 0.15) is 5.75 Å². The highest BCUT2D eigenvalue weighted by Gasteiger charge is 2.32. The third-order valence-electron chi connectivity index (χ3n) is 6.05. The zero-order valence-electron chi connectivity index (χ0n) is 15.5. The molecular formula is C21H25ClN2OS. The predicted molar refractivity (Wildman–Crippen MR) is 110 cm³/mol. The Morgan fingerprint density at radius 2 is 2.00 bits per heavy atom. The van der Waals surface area contributed by atoms with Crippen molar-refractivity contribution in [2.24, 2.45) is 5.92 Å². The molecule has 2 unspecified atom stereocenters. The van der Waals surface area contributed by atoms with Gasteiger partial charge < -0.3 is 4.74 Å². The maximum atomic E-state index is 6.34. The van der Waals surface area contributed by atoms with Crippen LogP contribution in [0.1, 0.15) is 41.5 Å². The number of methoxy groups -OCH3 is 1. The second kappa shape index (κ2) is 7.34. The van der Waals surface area contributed by atoms with E-state index in [2.05, 4.69) is 48.0 Å². The molecule has 138 valence electrons. The van der Waals surface area contributed by atoms with Gasteiger partial charge in [0.25, 0.3) is 0 Å². The van der Waals surface area contributed by atoms with Crippen molar-refractivity contribution < 1.29 is 4.74 Å². The first-order chi connectivity index (χ1) is 12.6. The maximum absolute atomic E-state index is 6.34. The van der Waals surface area contributed by atoms with E-state index in [1.165, 1.54) is 21.7 Å². The Kier molecular flexibility index (Phi) is 5.09. The van der Waals surface area contributed by atoms with E-state index in [-0.39, 0.29) is 0 Å². The van der Waals surface area contributed by atoms with E-state index in [4.69, 9.17) is 16.3 Å². The van der Waals surface area contributed by atoms with Crippen molar-refractivity contribution in [1.82, 2.24) is 9.88 Å². The van der Waals surface area contributed by atoms with E-state index in [1.807, 2.05) is 5.51 Å². The number of thiazole rings is 1. The minimum Gasteiger partial charge on any atom is -0.495 e. The number of rotatable bonds is 3. The number of fused-ring (bicyclic) bond motifs is 2. The smallest absolute Gasteiger partial charge is 0.137 e. The average Bonchev–Trinajstić information content (AvgIpc) is 3.03. The van der Waals surface area contributed by atoms with Crippen LogP contribution in [0.4, 0.5) is 0 Å². The second-order valence-electron chi connectivity index (χ2n) is 7.36. The van der Waals surface area contributed by atoms with Crippen molar-refractivity contribution in [3.8, 4) is 5.75 Å². The van der Waals surface area contributed by atoms with Gasteiger partial charge in [0, 0.05) is 31.0 Å². The highest BCUT2D eigenvalue weighted by atomic mass is 35.5. The number of nitrogens with zero attached hydrogens (tertiary/aromatic N) is 2. The minimum atomic E-state index is 0.469. The molecule has 26 heavy (non-hydrogen) atoms. The highest BCUT2D eigenvalue weighted by molar-refractivity contribution is 7.10. The fourth-order valence-electron chi connectivity index (χ4n) is 4.41. The first kappa shape index (κ1) is 18.0. The molecule has 0 saturated carbocycles. The van der Waals surface area contributed by atoms with Gasteiger partial charge >= 0.3 is 0 Å². The van der Waals surface area contributed by atoms with Gasteiger partial charge in [0.15, 0.2) is 0 Å². The molecule has 1 aromatic carbocycles. The first-order valence-electron chi connectivity index (χ1n) is 9.29. The zero-order valence-corrected chi connectivity index (χ0v) is 17.1. The van der Waals surface area contributed by atoms with Crippen molar-refractivity contribution >= 4 is 29.0 Å². The van der Waals surface area contributed by atoms with Crippen LogP contribution in [0.3, 0.4) is 0 Å². The number of halogens is 1. The lowest BCUT2D eigenvalue weighted by atomic mass is 9.81. The molecule has 2 aromatic rings. The number of benzene rings is 1. The van der Waals surface area contributed by atoms with Crippen molar-refractivity contribution in [1.29, 1.82) is 0 Å². The zero-order chi connectivity index (χ0) is 18.3. The summed E-state index contributed by atoms with van der Waals surface area (Å²) in [6.07, 6.45) is 6.75. The quantitative estimate of drug-likeness (QED) is 0.736. The van der Waals surface area contributed by atoms with E-state index in [1.54, 1.807) is 18.4 Å². The molecule has 0 radical (unpaired) electrons. The van der Waals surface area contributed by atoms with Crippen LogP contribution in [0, 0.1) is 5.92 Å². The Morgan fingerprint density at radius 3 is 2.73 bits per heavy atom. The molecule has 4 rings (SSSR count). The van der Waals surface area contributed by atoms with Gasteiger partial charge in [0.2, 0.25) is 0 Å². The summed E-state index contributed by atoms with van der Waals surface area (Å²) in [4.78, 5) is 8.57. The fraction of sp³-hybridized carbons (Fsp3) is 0.476. The van der Waals surface area contributed by atoms with Crippen LogP contribution in [0.2, 0.25) is 5.02 Å². The molecule has 0 saturated heterocycles.